The van der Waals surface area contributed by atoms with Crippen molar-refractivity contribution in [2.75, 3.05) is 6.61 Å². The van der Waals surface area contributed by atoms with E-state index in [9.17, 15) is 4.79 Å². The Morgan fingerprint density at radius 1 is 0.966 bits per heavy atom. The van der Waals surface area contributed by atoms with Gasteiger partial charge >= 0.3 is 0 Å². The maximum absolute atomic E-state index is 12.6. The van der Waals surface area contributed by atoms with Gasteiger partial charge in [-0.1, -0.05) is 42.0 Å². The number of aryl methyl sites for hydroxylation is 1. The van der Waals surface area contributed by atoms with Gasteiger partial charge in [0.2, 0.25) is 0 Å². The van der Waals surface area contributed by atoms with Crippen molar-refractivity contribution in [3.63, 3.8) is 0 Å². The third kappa shape index (κ3) is 6.13. The SMILES string of the molecule is CCOc1ccc(C(C)NC(=O)c2ccc(CSc3ccc(C)cc3)cc2)cc1. The third-order valence-corrected chi connectivity index (χ3v) is 5.76. The van der Waals surface area contributed by atoms with Crippen LogP contribution in [0, 0.1) is 6.92 Å². The van der Waals surface area contributed by atoms with E-state index in [1.165, 1.54) is 16.0 Å². The molecule has 150 valence electrons. The average Bonchev–Trinajstić information content (AvgIpc) is 2.74. The van der Waals surface area contributed by atoms with Crippen LogP contribution in [0.3, 0.4) is 0 Å². The van der Waals surface area contributed by atoms with Crippen LogP contribution >= 0.6 is 11.8 Å². The van der Waals surface area contributed by atoms with Gasteiger partial charge in [-0.2, -0.15) is 0 Å². The predicted molar refractivity (Wildman–Crippen MR) is 121 cm³/mol. The summed E-state index contributed by atoms with van der Waals surface area (Å²) in [4.78, 5) is 13.8. The molecule has 0 aliphatic heterocycles. The van der Waals surface area contributed by atoms with E-state index in [-0.39, 0.29) is 11.9 Å². The molecule has 1 atom stereocenters. The van der Waals surface area contributed by atoms with E-state index in [0.29, 0.717) is 12.2 Å². The molecule has 0 fully saturated rings. The number of rotatable bonds is 8. The summed E-state index contributed by atoms with van der Waals surface area (Å²) >= 11 is 1.80. The second kappa shape index (κ2) is 10.2. The minimum Gasteiger partial charge on any atom is -0.494 e. The average molecular weight is 406 g/mol. The summed E-state index contributed by atoms with van der Waals surface area (Å²) in [6.07, 6.45) is 0. The molecule has 0 spiro atoms. The lowest BCUT2D eigenvalue weighted by molar-refractivity contribution is 0.0940. The zero-order chi connectivity index (χ0) is 20.6. The van der Waals surface area contributed by atoms with Gasteiger partial charge in [0.15, 0.2) is 0 Å². The van der Waals surface area contributed by atoms with Crippen molar-refractivity contribution >= 4 is 17.7 Å². The normalized spacial score (nSPS) is 11.7. The molecular weight excluding hydrogens is 378 g/mol. The van der Waals surface area contributed by atoms with Crippen LogP contribution in [0.15, 0.2) is 77.7 Å². The molecule has 4 heteroatoms. The van der Waals surface area contributed by atoms with Gasteiger partial charge in [0.1, 0.15) is 5.75 Å². The molecule has 0 aliphatic carbocycles. The standard InChI is InChI=1S/C25H27NO2S/c1-4-28-23-13-11-21(12-14-23)19(3)26-25(27)22-9-7-20(8-10-22)17-29-24-15-5-18(2)6-16-24/h5-16,19H,4,17H2,1-3H3,(H,26,27). The van der Waals surface area contributed by atoms with Gasteiger partial charge in [0.05, 0.1) is 12.6 Å². The highest BCUT2D eigenvalue weighted by molar-refractivity contribution is 7.98. The summed E-state index contributed by atoms with van der Waals surface area (Å²) in [5.41, 5.74) is 4.19. The largest absolute Gasteiger partial charge is 0.494 e. The fourth-order valence-corrected chi connectivity index (χ4v) is 3.79. The van der Waals surface area contributed by atoms with Gasteiger partial charge in [-0.25, -0.2) is 0 Å². The van der Waals surface area contributed by atoms with Crippen molar-refractivity contribution in [2.24, 2.45) is 0 Å². The molecule has 0 heterocycles. The number of carbonyl (C=O) groups is 1. The molecule has 0 aromatic heterocycles. The Labute approximate surface area is 177 Å². The maximum atomic E-state index is 12.6. The summed E-state index contributed by atoms with van der Waals surface area (Å²) in [7, 11) is 0. The van der Waals surface area contributed by atoms with Crippen molar-refractivity contribution in [1.29, 1.82) is 0 Å². The lowest BCUT2D eigenvalue weighted by Crippen LogP contribution is -2.26. The predicted octanol–water partition coefficient (Wildman–Crippen LogP) is 6.18. The highest BCUT2D eigenvalue weighted by Gasteiger charge is 2.11. The Bertz CT molecular complexity index is 919. The Balaban J connectivity index is 1.54. The van der Waals surface area contributed by atoms with Crippen molar-refractivity contribution in [3.8, 4) is 5.75 Å². The highest BCUT2D eigenvalue weighted by Crippen LogP contribution is 2.23. The van der Waals surface area contributed by atoms with Crippen LogP contribution in [0.4, 0.5) is 0 Å². The molecule has 0 saturated heterocycles. The lowest BCUT2D eigenvalue weighted by Gasteiger charge is -2.15. The smallest absolute Gasteiger partial charge is 0.251 e. The Morgan fingerprint density at radius 2 is 1.62 bits per heavy atom. The number of carbonyl (C=O) groups excluding carboxylic acids is 1. The van der Waals surface area contributed by atoms with Crippen LogP contribution in [0.2, 0.25) is 0 Å². The topological polar surface area (TPSA) is 38.3 Å². The van der Waals surface area contributed by atoms with E-state index in [4.69, 9.17) is 4.74 Å². The minimum atomic E-state index is -0.0741. The van der Waals surface area contributed by atoms with Crippen LogP contribution in [0.1, 0.15) is 46.9 Å². The second-order valence-electron chi connectivity index (χ2n) is 7.00. The molecule has 3 nitrogen and oxygen atoms in total. The molecule has 0 aliphatic rings. The van der Waals surface area contributed by atoms with Gasteiger partial charge in [-0.3, -0.25) is 4.79 Å². The summed E-state index contributed by atoms with van der Waals surface area (Å²) in [5.74, 6) is 1.66. The number of hydrogen-bond donors (Lipinski definition) is 1. The number of benzene rings is 3. The van der Waals surface area contributed by atoms with Crippen molar-refractivity contribution in [2.45, 2.75) is 37.5 Å². The number of thioether (sulfide) groups is 1. The van der Waals surface area contributed by atoms with E-state index in [1.807, 2.05) is 62.4 Å². The van der Waals surface area contributed by atoms with E-state index in [0.717, 1.165) is 17.1 Å². The quantitative estimate of drug-likeness (QED) is 0.455. The van der Waals surface area contributed by atoms with E-state index >= 15 is 0 Å². The van der Waals surface area contributed by atoms with Crippen molar-refractivity contribution < 1.29 is 9.53 Å². The molecular formula is C25H27NO2S. The van der Waals surface area contributed by atoms with E-state index < -0.39 is 0 Å². The molecule has 1 amide bonds. The molecule has 3 rings (SSSR count). The highest BCUT2D eigenvalue weighted by atomic mass is 32.2. The molecule has 29 heavy (non-hydrogen) atoms. The first-order chi connectivity index (χ1) is 14.0. The summed E-state index contributed by atoms with van der Waals surface area (Å²) in [6.45, 7) is 6.68. The van der Waals surface area contributed by atoms with Gasteiger partial charge < -0.3 is 10.1 Å². The van der Waals surface area contributed by atoms with Crippen LogP contribution in [0.5, 0.6) is 5.75 Å². The maximum Gasteiger partial charge on any atom is 0.251 e. The zero-order valence-corrected chi connectivity index (χ0v) is 18.0. The first-order valence-electron chi connectivity index (χ1n) is 9.87. The van der Waals surface area contributed by atoms with Crippen molar-refractivity contribution in [1.82, 2.24) is 5.32 Å². The number of hydrogen-bond acceptors (Lipinski definition) is 3. The first kappa shape index (κ1) is 21.0. The molecule has 1 unspecified atom stereocenters. The monoisotopic (exact) mass is 405 g/mol. The van der Waals surface area contributed by atoms with Crippen LogP contribution in [0.25, 0.3) is 0 Å². The minimum absolute atomic E-state index is 0.0656. The summed E-state index contributed by atoms with van der Waals surface area (Å²) < 4.78 is 5.47. The first-order valence-corrected chi connectivity index (χ1v) is 10.9. The molecule has 0 radical (unpaired) electrons. The summed E-state index contributed by atoms with van der Waals surface area (Å²) in [6, 6.07) is 24.1. The van der Waals surface area contributed by atoms with Gasteiger partial charge in [-0.05, 0) is 68.3 Å². The van der Waals surface area contributed by atoms with E-state index in [1.54, 1.807) is 11.8 Å². The lowest BCUT2D eigenvalue weighted by atomic mass is 10.1. The number of ether oxygens (including phenoxy) is 1. The number of amides is 1. The van der Waals surface area contributed by atoms with Gasteiger partial charge in [0.25, 0.3) is 5.91 Å². The fourth-order valence-electron chi connectivity index (χ4n) is 2.94. The fraction of sp³-hybridized carbons (Fsp3) is 0.240. The van der Waals surface area contributed by atoms with Gasteiger partial charge in [0, 0.05) is 16.2 Å². The molecule has 1 N–H and O–H groups in total. The molecule has 0 bridgehead atoms. The van der Waals surface area contributed by atoms with Crippen LogP contribution < -0.4 is 10.1 Å². The Morgan fingerprint density at radius 3 is 2.24 bits per heavy atom. The van der Waals surface area contributed by atoms with Crippen molar-refractivity contribution in [3.05, 3.63) is 95.1 Å². The Hall–Kier alpha value is -2.72. The third-order valence-electron chi connectivity index (χ3n) is 4.68. The summed E-state index contributed by atoms with van der Waals surface area (Å²) in [5, 5.41) is 3.06. The zero-order valence-electron chi connectivity index (χ0n) is 17.1. The van der Waals surface area contributed by atoms with Crippen LogP contribution in [-0.2, 0) is 5.75 Å². The molecule has 0 saturated carbocycles. The molecule has 3 aromatic rings. The Kier molecular flexibility index (Phi) is 7.36. The van der Waals surface area contributed by atoms with Crippen LogP contribution in [-0.4, -0.2) is 12.5 Å². The molecule has 3 aromatic carbocycles. The second-order valence-corrected chi connectivity index (χ2v) is 8.04. The van der Waals surface area contributed by atoms with E-state index in [2.05, 4.69) is 36.5 Å². The van der Waals surface area contributed by atoms with Gasteiger partial charge in [-0.15, -0.1) is 11.8 Å². The number of nitrogens with one attached hydrogen (secondary N) is 1.